The molecule has 0 radical (unpaired) electrons. The summed E-state index contributed by atoms with van der Waals surface area (Å²) in [5.41, 5.74) is 3.88. The number of carbonyl (C=O) groups excluding carboxylic acids is 1. The summed E-state index contributed by atoms with van der Waals surface area (Å²) in [5, 5.41) is 9.10. The largest absolute Gasteiger partial charge is 0.490 e. The minimum Gasteiger partial charge on any atom is -0.490 e. The van der Waals surface area contributed by atoms with Crippen molar-refractivity contribution < 1.29 is 14.3 Å². The van der Waals surface area contributed by atoms with Gasteiger partial charge in [0.05, 0.1) is 31.4 Å². The minimum absolute atomic E-state index is 0.362. The summed E-state index contributed by atoms with van der Waals surface area (Å²) in [4.78, 5) is 19.7. The summed E-state index contributed by atoms with van der Waals surface area (Å²) in [7, 11) is 0. The van der Waals surface area contributed by atoms with Crippen LogP contribution in [0.2, 0.25) is 0 Å². The van der Waals surface area contributed by atoms with Gasteiger partial charge in [-0.2, -0.15) is 10.3 Å². The Bertz CT molecular complexity index is 1210. The SMILES string of the molecule is CCOc1ccc(C(=O)N=C2c3ccccc3CN2c2ccc(C#N)cc2)cc1OCC. The van der Waals surface area contributed by atoms with E-state index < -0.39 is 0 Å². The number of rotatable bonds is 6. The van der Waals surface area contributed by atoms with Gasteiger partial charge in [0.2, 0.25) is 0 Å². The number of amidine groups is 1. The Morgan fingerprint density at radius 2 is 1.72 bits per heavy atom. The molecule has 0 N–H and O–H groups in total. The van der Waals surface area contributed by atoms with Crippen molar-refractivity contribution >= 4 is 17.4 Å². The van der Waals surface area contributed by atoms with Crippen LogP contribution < -0.4 is 14.4 Å². The number of amides is 1. The number of ether oxygens (including phenoxy) is 2. The maximum atomic E-state index is 13.2. The first kappa shape index (κ1) is 21.1. The number of hydrogen-bond donors (Lipinski definition) is 0. The number of aliphatic imine (C=N–C) groups is 1. The van der Waals surface area contributed by atoms with Crippen LogP contribution in [-0.2, 0) is 6.54 Å². The van der Waals surface area contributed by atoms with Gasteiger partial charge < -0.3 is 14.4 Å². The molecule has 3 aromatic carbocycles. The van der Waals surface area contributed by atoms with Gasteiger partial charge in [-0.3, -0.25) is 4.79 Å². The zero-order valence-electron chi connectivity index (χ0n) is 18.0. The fraction of sp³-hybridized carbons (Fsp3) is 0.192. The first-order valence-corrected chi connectivity index (χ1v) is 10.5. The van der Waals surface area contributed by atoms with Crippen molar-refractivity contribution in [3.63, 3.8) is 0 Å². The van der Waals surface area contributed by atoms with Crippen LogP contribution in [0.1, 0.15) is 40.9 Å². The van der Waals surface area contributed by atoms with Crippen molar-refractivity contribution in [3.05, 3.63) is 89.0 Å². The Hall–Kier alpha value is -4.11. The zero-order chi connectivity index (χ0) is 22.5. The monoisotopic (exact) mass is 425 g/mol. The van der Waals surface area contributed by atoms with E-state index in [1.807, 2.05) is 55.1 Å². The van der Waals surface area contributed by atoms with Crippen LogP contribution in [0.3, 0.4) is 0 Å². The lowest BCUT2D eigenvalue weighted by molar-refractivity contribution is 0.100. The third kappa shape index (κ3) is 4.19. The van der Waals surface area contributed by atoms with E-state index in [0.29, 0.717) is 48.2 Å². The number of anilines is 1. The van der Waals surface area contributed by atoms with E-state index in [4.69, 9.17) is 14.7 Å². The van der Waals surface area contributed by atoms with E-state index in [-0.39, 0.29) is 5.91 Å². The van der Waals surface area contributed by atoms with E-state index in [1.165, 1.54) is 0 Å². The standard InChI is InChI=1S/C26H23N3O3/c1-3-31-23-14-11-19(15-24(23)32-4-2)26(30)28-25-22-8-6-5-7-20(22)17-29(25)21-12-9-18(16-27)10-13-21/h5-15H,3-4,17H2,1-2H3. The van der Waals surface area contributed by atoms with Gasteiger partial charge in [0, 0.05) is 16.8 Å². The van der Waals surface area contributed by atoms with Gasteiger partial charge in [-0.1, -0.05) is 24.3 Å². The quantitative estimate of drug-likeness (QED) is 0.558. The zero-order valence-corrected chi connectivity index (χ0v) is 18.0. The van der Waals surface area contributed by atoms with Crippen molar-refractivity contribution in [2.75, 3.05) is 18.1 Å². The molecule has 0 bridgehead atoms. The van der Waals surface area contributed by atoms with Gasteiger partial charge in [-0.25, -0.2) is 0 Å². The van der Waals surface area contributed by atoms with Gasteiger partial charge in [0.25, 0.3) is 5.91 Å². The van der Waals surface area contributed by atoms with Crippen molar-refractivity contribution in [1.29, 1.82) is 5.26 Å². The second-order valence-electron chi connectivity index (χ2n) is 7.17. The molecule has 6 nitrogen and oxygen atoms in total. The average molecular weight is 425 g/mol. The Morgan fingerprint density at radius 1 is 1.00 bits per heavy atom. The fourth-order valence-electron chi connectivity index (χ4n) is 3.66. The third-order valence-electron chi connectivity index (χ3n) is 5.15. The maximum Gasteiger partial charge on any atom is 0.279 e. The molecule has 1 amide bonds. The van der Waals surface area contributed by atoms with Gasteiger partial charge in [0.1, 0.15) is 5.84 Å². The maximum absolute atomic E-state index is 13.2. The molecule has 1 aliphatic rings. The molecule has 160 valence electrons. The van der Waals surface area contributed by atoms with Crippen LogP contribution in [0.25, 0.3) is 0 Å². The molecule has 0 unspecified atom stereocenters. The second kappa shape index (κ2) is 9.36. The van der Waals surface area contributed by atoms with Crippen LogP contribution in [0.4, 0.5) is 5.69 Å². The second-order valence-corrected chi connectivity index (χ2v) is 7.17. The lowest BCUT2D eigenvalue weighted by atomic mass is 10.1. The Labute approximate surface area is 187 Å². The van der Waals surface area contributed by atoms with Crippen LogP contribution in [-0.4, -0.2) is 25.0 Å². The molecular formula is C26H23N3O3. The molecule has 1 heterocycles. The molecule has 1 aliphatic heterocycles. The number of nitrogens with zero attached hydrogens (tertiary/aromatic N) is 3. The van der Waals surface area contributed by atoms with E-state index >= 15 is 0 Å². The molecule has 0 aliphatic carbocycles. The predicted molar refractivity (Wildman–Crippen MR) is 123 cm³/mol. The lowest BCUT2D eigenvalue weighted by Gasteiger charge is -2.19. The number of nitriles is 1. The summed E-state index contributed by atoms with van der Waals surface area (Å²) in [6, 6.07) is 22.4. The fourth-order valence-corrected chi connectivity index (χ4v) is 3.66. The van der Waals surface area contributed by atoms with E-state index in [1.54, 1.807) is 30.3 Å². The van der Waals surface area contributed by atoms with Crippen molar-refractivity contribution in [3.8, 4) is 17.6 Å². The summed E-state index contributed by atoms with van der Waals surface area (Å²) in [6.07, 6.45) is 0. The number of hydrogen-bond acceptors (Lipinski definition) is 4. The molecule has 6 heteroatoms. The first-order valence-electron chi connectivity index (χ1n) is 10.5. The van der Waals surface area contributed by atoms with E-state index in [9.17, 15) is 4.79 Å². The molecule has 0 saturated carbocycles. The van der Waals surface area contributed by atoms with Gasteiger partial charge >= 0.3 is 0 Å². The number of fused-ring (bicyclic) bond motifs is 1. The molecular weight excluding hydrogens is 402 g/mol. The topological polar surface area (TPSA) is 74.9 Å². The Morgan fingerprint density at radius 3 is 2.44 bits per heavy atom. The summed E-state index contributed by atoms with van der Waals surface area (Å²) < 4.78 is 11.3. The minimum atomic E-state index is -0.362. The van der Waals surface area contributed by atoms with Crippen LogP contribution in [0, 0.1) is 11.3 Å². The predicted octanol–water partition coefficient (Wildman–Crippen LogP) is 4.96. The molecule has 0 fully saturated rings. The highest BCUT2D eigenvalue weighted by molar-refractivity contribution is 6.18. The van der Waals surface area contributed by atoms with Crippen molar-refractivity contribution in [2.45, 2.75) is 20.4 Å². The lowest BCUT2D eigenvalue weighted by Crippen LogP contribution is -2.25. The first-order chi connectivity index (χ1) is 15.6. The highest BCUT2D eigenvalue weighted by Gasteiger charge is 2.27. The molecule has 0 atom stereocenters. The molecule has 0 spiro atoms. The normalized spacial score (nSPS) is 13.5. The van der Waals surface area contributed by atoms with Gasteiger partial charge in [-0.05, 0) is 61.9 Å². The summed E-state index contributed by atoms with van der Waals surface area (Å²) in [5.74, 6) is 1.35. The Kier molecular flexibility index (Phi) is 6.18. The molecule has 0 aromatic heterocycles. The highest BCUT2D eigenvalue weighted by Crippen LogP contribution is 2.31. The van der Waals surface area contributed by atoms with E-state index in [2.05, 4.69) is 11.1 Å². The smallest absolute Gasteiger partial charge is 0.279 e. The highest BCUT2D eigenvalue weighted by atomic mass is 16.5. The number of carbonyl (C=O) groups is 1. The van der Waals surface area contributed by atoms with Crippen molar-refractivity contribution in [1.82, 2.24) is 0 Å². The van der Waals surface area contributed by atoms with E-state index in [0.717, 1.165) is 16.8 Å². The molecule has 0 saturated heterocycles. The molecule has 32 heavy (non-hydrogen) atoms. The molecule has 4 rings (SSSR count). The Balaban J connectivity index is 1.72. The van der Waals surface area contributed by atoms with Crippen LogP contribution in [0.15, 0.2) is 71.7 Å². The van der Waals surface area contributed by atoms with Gasteiger partial charge in [-0.15, -0.1) is 0 Å². The third-order valence-corrected chi connectivity index (χ3v) is 5.15. The van der Waals surface area contributed by atoms with Gasteiger partial charge in [0.15, 0.2) is 11.5 Å². The molecule has 3 aromatic rings. The van der Waals surface area contributed by atoms with Crippen LogP contribution in [0.5, 0.6) is 11.5 Å². The summed E-state index contributed by atoms with van der Waals surface area (Å²) in [6.45, 7) is 5.35. The average Bonchev–Trinajstić information content (AvgIpc) is 3.19. The van der Waals surface area contributed by atoms with Crippen LogP contribution >= 0.6 is 0 Å². The number of benzene rings is 3. The summed E-state index contributed by atoms with van der Waals surface area (Å²) >= 11 is 0. The van der Waals surface area contributed by atoms with Crippen molar-refractivity contribution in [2.24, 2.45) is 4.99 Å².